The molecule has 0 spiro atoms. The molecule has 0 bridgehead atoms. The number of guanidine groups is 1. The fourth-order valence-electron chi connectivity index (χ4n) is 6.79. The first-order valence-electron chi connectivity index (χ1n) is 15.8. The minimum atomic E-state index is -1.91. The third-order valence-electron chi connectivity index (χ3n) is 9.59. The lowest BCUT2D eigenvalue weighted by Gasteiger charge is -2.51. The molecular formula is C27H53N9O10. The van der Waals surface area contributed by atoms with Crippen molar-refractivity contribution in [1.82, 2.24) is 10.6 Å². The Morgan fingerprint density at radius 2 is 1.78 bits per heavy atom. The number of aliphatic imine (C=N–C) groups is 1. The molecule has 19 nitrogen and oxygen atoms in total. The van der Waals surface area contributed by atoms with Gasteiger partial charge in [0.25, 0.3) is 5.91 Å². The molecule has 2 heterocycles. The van der Waals surface area contributed by atoms with Crippen LogP contribution in [0.4, 0.5) is 0 Å². The fourth-order valence-corrected chi connectivity index (χ4v) is 6.79. The number of ether oxygens (including phenoxy) is 3. The molecular weight excluding hydrogens is 610 g/mol. The number of aliphatic hydroxyl groups excluding tert-OH is 5. The molecule has 2 aliphatic heterocycles. The molecule has 46 heavy (non-hydrogen) atoms. The molecule has 0 radical (unpaired) electrons. The number of carbonyl (C=O) groups excluding carboxylic acids is 1. The van der Waals surface area contributed by atoms with Crippen LogP contribution in [0.2, 0.25) is 0 Å². The quantitative estimate of drug-likeness (QED) is 0.0642. The number of nitrogens with zero attached hydrogens (tertiary/aromatic N) is 1. The van der Waals surface area contributed by atoms with Gasteiger partial charge in [-0.15, -0.1) is 0 Å². The second-order valence-corrected chi connectivity index (χ2v) is 12.9. The van der Waals surface area contributed by atoms with Gasteiger partial charge in [0.1, 0.15) is 24.4 Å². The van der Waals surface area contributed by atoms with Crippen molar-refractivity contribution >= 4 is 11.9 Å². The Morgan fingerprint density at radius 3 is 2.41 bits per heavy atom. The summed E-state index contributed by atoms with van der Waals surface area (Å²) >= 11 is 0. The van der Waals surface area contributed by atoms with Gasteiger partial charge in [0.05, 0.1) is 49.1 Å². The van der Waals surface area contributed by atoms with Gasteiger partial charge in [0.15, 0.2) is 17.9 Å². The Hall–Kier alpha value is -1.82. The number of hydrogen-bond acceptors (Lipinski definition) is 16. The van der Waals surface area contributed by atoms with Gasteiger partial charge in [-0.2, -0.15) is 0 Å². The van der Waals surface area contributed by atoms with Crippen molar-refractivity contribution in [2.24, 2.45) is 45.3 Å². The molecule has 2 saturated heterocycles. The van der Waals surface area contributed by atoms with E-state index in [2.05, 4.69) is 15.6 Å². The summed E-state index contributed by atoms with van der Waals surface area (Å²) in [6.07, 6.45) is -8.68. The van der Waals surface area contributed by atoms with E-state index in [4.69, 9.17) is 48.6 Å². The van der Waals surface area contributed by atoms with Gasteiger partial charge < -0.3 is 89.9 Å². The Bertz CT molecular complexity index is 1040. The summed E-state index contributed by atoms with van der Waals surface area (Å²) < 4.78 is 18.1. The number of nitrogens with two attached hydrogens (primary N) is 6. The zero-order valence-electron chi connectivity index (χ0n) is 25.8. The van der Waals surface area contributed by atoms with E-state index in [0.717, 1.165) is 0 Å². The van der Waals surface area contributed by atoms with Gasteiger partial charge in [0.2, 0.25) is 0 Å². The first-order chi connectivity index (χ1) is 21.7. The number of rotatable bonds is 13. The van der Waals surface area contributed by atoms with Gasteiger partial charge in [-0.3, -0.25) is 4.79 Å². The standard InChI is InChI=1S/C27H53N9O10/c28-4-3-10(38)8-34-13-2-1-11(7-29)44-22(13)17-12(30)5-14(35-25(42)27(43)6-16(27)36-26(32)33)23(20(17)40)46-24-21(41)18(31)19(39)15(9-37)45-24/h10-24,34,37-41,43H,1-9,28-31H2,(H,35,42)(H4,32,33,36)/t10?,11-,12-,13+,14+,15+,16?,17?,18-,19+,20-,21+,22-,23-,24+,27?/m0/s1. The minimum absolute atomic E-state index is 0.0256. The molecule has 1 amide bonds. The molecule has 4 unspecified atom stereocenters. The summed E-state index contributed by atoms with van der Waals surface area (Å²) in [5.74, 6) is -1.94. The summed E-state index contributed by atoms with van der Waals surface area (Å²) in [6.45, 7) is 0.0965. The highest BCUT2D eigenvalue weighted by Gasteiger charge is 2.61. The summed E-state index contributed by atoms with van der Waals surface area (Å²) in [6, 6.07) is -4.31. The molecule has 2 saturated carbocycles. The van der Waals surface area contributed by atoms with Gasteiger partial charge >= 0.3 is 0 Å². The molecule has 19 heteroatoms. The van der Waals surface area contributed by atoms with Gasteiger partial charge in [-0.25, -0.2) is 4.99 Å². The first kappa shape index (κ1) is 37.0. The predicted molar refractivity (Wildman–Crippen MR) is 162 cm³/mol. The van der Waals surface area contributed by atoms with Crippen LogP contribution in [0.25, 0.3) is 0 Å². The van der Waals surface area contributed by atoms with Crippen LogP contribution in [0.5, 0.6) is 0 Å². The van der Waals surface area contributed by atoms with Crippen molar-refractivity contribution in [3.63, 3.8) is 0 Å². The third kappa shape index (κ3) is 8.06. The van der Waals surface area contributed by atoms with Crippen molar-refractivity contribution in [3.8, 4) is 0 Å². The van der Waals surface area contributed by atoms with E-state index < -0.39 is 97.2 Å². The van der Waals surface area contributed by atoms with Crippen molar-refractivity contribution < 1.29 is 49.6 Å². The Balaban J connectivity index is 1.61. The number of aliphatic hydroxyl groups is 6. The summed E-state index contributed by atoms with van der Waals surface area (Å²) in [4.78, 5) is 17.1. The topological polar surface area (TPSA) is 359 Å². The Morgan fingerprint density at radius 1 is 1.07 bits per heavy atom. The molecule has 2 aliphatic carbocycles. The molecule has 0 aromatic rings. The van der Waals surface area contributed by atoms with Crippen molar-refractivity contribution in [2.75, 3.05) is 26.2 Å². The highest BCUT2D eigenvalue weighted by atomic mass is 16.7. The zero-order chi connectivity index (χ0) is 33.9. The summed E-state index contributed by atoms with van der Waals surface area (Å²) in [7, 11) is 0. The third-order valence-corrected chi connectivity index (χ3v) is 9.59. The van der Waals surface area contributed by atoms with Crippen molar-refractivity contribution in [2.45, 2.75) is 123 Å². The predicted octanol–water partition coefficient (Wildman–Crippen LogP) is -7.72. The molecule has 20 N–H and O–H groups in total. The number of carbonyl (C=O) groups is 1. The number of amides is 1. The number of hydrogen-bond donors (Lipinski definition) is 14. The first-order valence-corrected chi connectivity index (χ1v) is 15.8. The maximum atomic E-state index is 13.3. The van der Waals surface area contributed by atoms with E-state index in [9.17, 15) is 35.4 Å². The van der Waals surface area contributed by atoms with Gasteiger partial charge in [0, 0.05) is 37.5 Å². The maximum absolute atomic E-state index is 13.3. The Labute approximate surface area is 267 Å². The van der Waals surface area contributed by atoms with Crippen LogP contribution in [0, 0.1) is 5.92 Å². The lowest BCUT2D eigenvalue weighted by molar-refractivity contribution is -0.306. The molecule has 16 atom stereocenters. The number of nitrogens with one attached hydrogen (secondary N) is 2. The second kappa shape index (κ2) is 15.6. The SMILES string of the molecule is NCCC(O)CN[C@@H]1CC[C@@H](CN)O[C@@H]1C1[C@@H](N)C[C@@H](NC(=O)C2(O)CC2N=C(N)N)[C@H](O[C@H]2O[C@H](CO)[C@@H](O)[C@H](N)[C@H]2O)[C@H]1O. The Kier molecular flexibility index (Phi) is 12.5. The molecule has 266 valence electrons. The van der Waals surface area contributed by atoms with Crippen molar-refractivity contribution in [1.29, 1.82) is 0 Å². The van der Waals surface area contributed by atoms with Crippen LogP contribution >= 0.6 is 0 Å². The fraction of sp³-hybridized carbons (Fsp3) is 0.926. The van der Waals surface area contributed by atoms with Crippen LogP contribution in [0.1, 0.15) is 32.1 Å². The van der Waals surface area contributed by atoms with E-state index in [1.54, 1.807) is 0 Å². The van der Waals surface area contributed by atoms with Crippen LogP contribution in [-0.4, -0.2) is 160 Å². The highest BCUT2D eigenvalue weighted by molar-refractivity contribution is 5.90. The smallest absolute Gasteiger partial charge is 0.254 e. The monoisotopic (exact) mass is 663 g/mol. The second-order valence-electron chi connectivity index (χ2n) is 12.9. The largest absolute Gasteiger partial charge is 0.394 e. The van der Waals surface area contributed by atoms with Crippen LogP contribution in [0.3, 0.4) is 0 Å². The van der Waals surface area contributed by atoms with Crippen LogP contribution in [-0.2, 0) is 19.0 Å². The van der Waals surface area contributed by atoms with E-state index in [0.29, 0.717) is 25.8 Å². The van der Waals surface area contributed by atoms with Gasteiger partial charge in [-0.05, 0) is 32.2 Å². The average Bonchev–Trinajstić information content (AvgIpc) is 3.67. The van der Waals surface area contributed by atoms with E-state index in [-0.39, 0.29) is 44.0 Å². The van der Waals surface area contributed by atoms with Crippen molar-refractivity contribution in [3.05, 3.63) is 0 Å². The molecule has 0 aromatic heterocycles. The highest BCUT2D eigenvalue weighted by Crippen LogP contribution is 2.41. The molecule has 4 fully saturated rings. The molecule has 4 aliphatic rings. The lowest BCUT2D eigenvalue weighted by Crippen LogP contribution is -2.70. The van der Waals surface area contributed by atoms with E-state index in [1.807, 2.05) is 0 Å². The molecule has 4 rings (SSSR count). The zero-order valence-corrected chi connectivity index (χ0v) is 25.8. The lowest BCUT2D eigenvalue weighted by atomic mass is 9.72. The average molecular weight is 664 g/mol. The van der Waals surface area contributed by atoms with Gasteiger partial charge in [-0.1, -0.05) is 0 Å². The van der Waals surface area contributed by atoms with Crippen LogP contribution < -0.4 is 45.0 Å². The normalized spacial score (nSPS) is 45.1. The summed E-state index contributed by atoms with van der Waals surface area (Å²) in [5.41, 5.74) is 33.1. The van der Waals surface area contributed by atoms with E-state index >= 15 is 0 Å². The van der Waals surface area contributed by atoms with E-state index in [1.165, 1.54) is 0 Å². The maximum Gasteiger partial charge on any atom is 0.254 e. The summed E-state index contributed by atoms with van der Waals surface area (Å²) in [5, 5.41) is 70.0. The minimum Gasteiger partial charge on any atom is -0.394 e. The van der Waals surface area contributed by atoms with Crippen LogP contribution in [0.15, 0.2) is 4.99 Å². The molecule has 0 aromatic carbocycles.